The van der Waals surface area contributed by atoms with E-state index in [1.807, 2.05) is 30.0 Å². The monoisotopic (exact) mass is 735 g/mol. The number of aromatic nitrogens is 3. The highest BCUT2D eigenvalue weighted by atomic mass is 35.5. The molecule has 0 amide bonds. The van der Waals surface area contributed by atoms with Crippen molar-refractivity contribution in [3.63, 3.8) is 0 Å². The summed E-state index contributed by atoms with van der Waals surface area (Å²) in [5, 5.41) is 6.41. The van der Waals surface area contributed by atoms with Crippen LogP contribution in [0.1, 0.15) is 31.7 Å². The molecule has 3 fully saturated rings. The SMILES string of the molecule is CCCCN1CCCSC1=Nc1ccc(N2CCN(c3ccc(OCC4COC(Cn5cncn5)(c5ccc(Cl)cc5Cl)O4)cc3)CC2)cc1. The third kappa shape index (κ3) is 8.35. The Balaban J connectivity index is 0.906. The van der Waals surface area contributed by atoms with Crippen molar-refractivity contribution in [2.45, 2.75) is 44.6 Å². The highest BCUT2D eigenvalue weighted by molar-refractivity contribution is 8.13. The Hall–Kier alpha value is -3.48. The number of benzene rings is 3. The van der Waals surface area contributed by atoms with Crippen molar-refractivity contribution in [2.24, 2.45) is 4.99 Å². The van der Waals surface area contributed by atoms with E-state index in [1.54, 1.807) is 23.1 Å². The molecule has 264 valence electrons. The standard InChI is InChI=1S/C37H43Cl2N7O3S/c1-2-3-15-45-16-4-21-50-36(45)42-29-6-8-30(9-7-29)43-17-19-44(20-18-43)31-10-12-32(13-11-31)47-23-33-24-48-37(49-33,25-46-27-40-26-41-46)34-14-5-28(38)22-35(34)39/h5-14,22,26-27,33H,2-4,15-21,23-25H2,1H3. The van der Waals surface area contributed by atoms with Gasteiger partial charge in [0.15, 0.2) is 5.17 Å². The molecule has 3 aromatic carbocycles. The van der Waals surface area contributed by atoms with Crippen LogP contribution >= 0.6 is 35.0 Å². The van der Waals surface area contributed by atoms with Crippen molar-refractivity contribution in [3.05, 3.63) is 95.0 Å². The summed E-state index contributed by atoms with van der Waals surface area (Å²) in [7, 11) is 0. The van der Waals surface area contributed by atoms with E-state index in [0.29, 0.717) is 28.8 Å². The van der Waals surface area contributed by atoms with Crippen LogP contribution in [0.5, 0.6) is 5.75 Å². The fourth-order valence-electron chi connectivity index (χ4n) is 6.56. The predicted molar refractivity (Wildman–Crippen MR) is 202 cm³/mol. The molecule has 1 aromatic heterocycles. The van der Waals surface area contributed by atoms with Crippen molar-refractivity contribution in [1.82, 2.24) is 19.7 Å². The quantitative estimate of drug-likeness (QED) is 0.147. The van der Waals surface area contributed by atoms with Gasteiger partial charge in [-0.05, 0) is 73.5 Å². The Morgan fingerprint density at radius 3 is 2.38 bits per heavy atom. The molecule has 0 aliphatic carbocycles. The second kappa shape index (κ2) is 16.2. The maximum Gasteiger partial charge on any atom is 0.217 e. The van der Waals surface area contributed by atoms with Crippen LogP contribution < -0.4 is 14.5 Å². The van der Waals surface area contributed by atoms with Crippen molar-refractivity contribution in [3.8, 4) is 5.75 Å². The fraction of sp³-hybridized carbons (Fsp3) is 0.432. The van der Waals surface area contributed by atoms with Gasteiger partial charge in [0, 0.05) is 67.0 Å². The average Bonchev–Trinajstić information content (AvgIpc) is 3.81. The smallest absolute Gasteiger partial charge is 0.217 e. The number of anilines is 2. The molecular formula is C37H43Cl2N7O3S. The molecule has 50 heavy (non-hydrogen) atoms. The van der Waals surface area contributed by atoms with Gasteiger partial charge in [0.05, 0.1) is 17.3 Å². The van der Waals surface area contributed by atoms with E-state index in [4.69, 9.17) is 42.4 Å². The summed E-state index contributed by atoms with van der Waals surface area (Å²) >= 11 is 14.7. The number of nitrogens with zero attached hydrogens (tertiary/aromatic N) is 7. The zero-order valence-electron chi connectivity index (χ0n) is 28.3. The lowest BCUT2D eigenvalue weighted by molar-refractivity contribution is -0.190. The van der Waals surface area contributed by atoms with E-state index in [-0.39, 0.29) is 12.6 Å². The minimum absolute atomic E-state index is 0.283. The van der Waals surface area contributed by atoms with E-state index < -0.39 is 5.79 Å². The maximum absolute atomic E-state index is 6.60. The van der Waals surface area contributed by atoms with Crippen molar-refractivity contribution in [1.29, 1.82) is 0 Å². The second-order valence-corrected chi connectivity index (χ2v) is 14.7. The number of hydrogen-bond donors (Lipinski definition) is 0. The molecule has 2 unspecified atom stereocenters. The van der Waals surface area contributed by atoms with Gasteiger partial charge in [0.2, 0.25) is 5.79 Å². The largest absolute Gasteiger partial charge is 0.491 e. The molecule has 4 heterocycles. The van der Waals surface area contributed by atoms with Crippen LogP contribution in [0.2, 0.25) is 10.0 Å². The van der Waals surface area contributed by atoms with E-state index >= 15 is 0 Å². The summed E-state index contributed by atoms with van der Waals surface area (Å²) in [4.78, 5) is 16.4. The van der Waals surface area contributed by atoms with Crippen LogP contribution in [0, 0.1) is 0 Å². The zero-order valence-corrected chi connectivity index (χ0v) is 30.6. The summed E-state index contributed by atoms with van der Waals surface area (Å²) < 4.78 is 20.6. The van der Waals surface area contributed by atoms with Crippen LogP contribution in [0.3, 0.4) is 0 Å². The van der Waals surface area contributed by atoms with Gasteiger partial charge >= 0.3 is 0 Å². The van der Waals surface area contributed by atoms with Gasteiger partial charge in [-0.1, -0.05) is 54.4 Å². The molecule has 4 aromatic rings. The minimum atomic E-state index is -1.14. The summed E-state index contributed by atoms with van der Waals surface area (Å²) in [5.74, 6) is 0.785. The molecule has 7 rings (SSSR count). The summed E-state index contributed by atoms with van der Waals surface area (Å²) in [6.07, 6.45) is 6.44. The van der Waals surface area contributed by atoms with Gasteiger partial charge in [-0.3, -0.25) is 0 Å². The average molecular weight is 737 g/mol. The van der Waals surface area contributed by atoms with Crippen LogP contribution in [-0.2, 0) is 21.8 Å². The van der Waals surface area contributed by atoms with Crippen LogP contribution in [0.4, 0.5) is 17.1 Å². The van der Waals surface area contributed by atoms with Crippen molar-refractivity contribution in [2.75, 3.05) is 68.0 Å². The van der Waals surface area contributed by atoms with Crippen LogP contribution in [0.25, 0.3) is 0 Å². The molecule has 0 N–H and O–H groups in total. The molecule has 2 atom stereocenters. The Labute approximate surface area is 308 Å². The molecule has 0 radical (unpaired) electrons. The van der Waals surface area contributed by atoms with E-state index in [0.717, 1.165) is 56.5 Å². The number of hydrogen-bond acceptors (Lipinski definition) is 9. The molecule has 10 nitrogen and oxygen atoms in total. The fourth-order valence-corrected chi connectivity index (χ4v) is 8.10. The maximum atomic E-state index is 6.60. The van der Waals surface area contributed by atoms with Gasteiger partial charge < -0.3 is 28.9 Å². The zero-order chi connectivity index (χ0) is 34.3. The minimum Gasteiger partial charge on any atom is -0.491 e. The topological polar surface area (TPSA) is 80.5 Å². The van der Waals surface area contributed by atoms with Gasteiger partial charge in [-0.25, -0.2) is 14.7 Å². The number of piperazine rings is 1. The Morgan fingerprint density at radius 1 is 0.960 bits per heavy atom. The number of thioether (sulfide) groups is 1. The number of aliphatic imine (C=N–C) groups is 1. The number of rotatable bonds is 12. The highest BCUT2D eigenvalue weighted by Gasteiger charge is 2.45. The third-order valence-corrected chi connectivity index (χ3v) is 10.9. The lowest BCUT2D eigenvalue weighted by Crippen LogP contribution is -2.46. The first-order valence-corrected chi connectivity index (χ1v) is 19.1. The molecule has 3 saturated heterocycles. The number of halogens is 2. The van der Waals surface area contributed by atoms with Crippen molar-refractivity contribution >= 4 is 57.2 Å². The van der Waals surface area contributed by atoms with E-state index in [9.17, 15) is 0 Å². The predicted octanol–water partition coefficient (Wildman–Crippen LogP) is 7.49. The Kier molecular flexibility index (Phi) is 11.4. The van der Waals surface area contributed by atoms with Crippen LogP contribution in [0.15, 0.2) is 84.4 Å². The highest BCUT2D eigenvalue weighted by Crippen LogP contribution is 2.40. The molecule has 3 aliphatic rings. The third-order valence-electron chi connectivity index (χ3n) is 9.25. The van der Waals surface area contributed by atoms with Crippen LogP contribution in [-0.4, -0.2) is 89.2 Å². The van der Waals surface area contributed by atoms with Gasteiger partial charge in [0.1, 0.15) is 37.7 Å². The van der Waals surface area contributed by atoms with E-state index in [1.165, 1.54) is 42.1 Å². The van der Waals surface area contributed by atoms with E-state index in [2.05, 4.69) is 68.1 Å². The van der Waals surface area contributed by atoms with Crippen molar-refractivity contribution < 1.29 is 14.2 Å². The second-order valence-electron chi connectivity index (χ2n) is 12.8. The summed E-state index contributed by atoms with van der Waals surface area (Å²) in [6.45, 7) is 9.21. The molecule has 0 bridgehead atoms. The number of unbranched alkanes of at least 4 members (excludes halogenated alkanes) is 1. The summed E-state index contributed by atoms with van der Waals surface area (Å²) in [6, 6.07) is 22.3. The first kappa shape index (κ1) is 34.9. The summed E-state index contributed by atoms with van der Waals surface area (Å²) in [5.41, 5.74) is 4.15. The van der Waals surface area contributed by atoms with Gasteiger partial charge in [-0.15, -0.1) is 0 Å². The first-order valence-electron chi connectivity index (χ1n) is 17.4. The molecule has 13 heteroatoms. The van der Waals surface area contributed by atoms with Gasteiger partial charge in [-0.2, -0.15) is 5.10 Å². The normalized spacial score (nSPS) is 22.0. The molecule has 0 saturated carbocycles. The lowest BCUT2D eigenvalue weighted by Gasteiger charge is -2.37. The molecule has 3 aliphatic heterocycles. The lowest BCUT2D eigenvalue weighted by atomic mass is 10.1. The molecular weight excluding hydrogens is 693 g/mol. The number of amidine groups is 1. The first-order chi connectivity index (χ1) is 24.5. The molecule has 0 spiro atoms. The Morgan fingerprint density at radius 2 is 1.70 bits per heavy atom. The van der Waals surface area contributed by atoms with Gasteiger partial charge in [0.25, 0.3) is 0 Å². The number of ether oxygens (including phenoxy) is 3. The Bertz CT molecular complexity index is 1720.